The molecular weight excluding hydrogens is 238 g/mol. The highest BCUT2D eigenvalue weighted by molar-refractivity contribution is 5.33. The Morgan fingerprint density at radius 2 is 2.00 bits per heavy atom. The standard InChI is InChI=1S/C16H25NO2/c1-13(11-17-16(2,3)4)12-19-15-8-6-5-7-14(15)9-10-18/h5-8,17-18H,1,9-12H2,2-4H3. The third kappa shape index (κ3) is 6.41. The maximum atomic E-state index is 9.01. The molecule has 0 amide bonds. The Balaban J connectivity index is 2.46. The van der Waals surface area contributed by atoms with Crippen LogP contribution in [0.2, 0.25) is 0 Å². The number of aliphatic hydroxyl groups is 1. The number of nitrogens with one attached hydrogen (secondary N) is 1. The lowest BCUT2D eigenvalue weighted by Crippen LogP contribution is -2.37. The summed E-state index contributed by atoms with van der Waals surface area (Å²) in [6, 6.07) is 7.79. The quantitative estimate of drug-likeness (QED) is 0.743. The van der Waals surface area contributed by atoms with Gasteiger partial charge in [0.2, 0.25) is 0 Å². The summed E-state index contributed by atoms with van der Waals surface area (Å²) < 4.78 is 5.77. The summed E-state index contributed by atoms with van der Waals surface area (Å²) in [6.45, 7) is 11.7. The fraction of sp³-hybridized carbons (Fsp3) is 0.500. The first-order valence-electron chi connectivity index (χ1n) is 6.65. The lowest BCUT2D eigenvalue weighted by Gasteiger charge is -2.21. The summed E-state index contributed by atoms with van der Waals surface area (Å²) in [7, 11) is 0. The molecule has 0 saturated heterocycles. The van der Waals surface area contributed by atoms with Gasteiger partial charge in [0.25, 0.3) is 0 Å². The third-order valence-electron chi connectivity index (χ3n) is 2.65. The second kappa shape index (κ2) is 7.31. The van der Waals surface area contributed by atoms with Crippen molar-refractivity contribution in [2.75, 3.05) is 19.8 Å². The van der Waals surface area contributed by atoms with Crippen LogP contribution in [-0.4, -0.2) is 30.4 Å². The summed E-state index contributed by atoms with van der Waals surface area (Å²) in [5.41, 5.74) is 2.12. The molecule has 0 aromatic heterocycles. The van der Waals surface area contributed by atoms with E-state index in [0.29, 0.717) is 13.0 Å². The molecule has 0 heterocycles. The van der Waals surface area contributed by atoms with Gasteiger partial charge in [-0.05, 0) is 44.4 Å². The van der Waals surface area contributed by atoms with E-state index in [1.54, 1.807) is 0 Å². The van der Waals surface area contributed by atoms with Gasteiger partial charge in [-0.1, -0.05) is 24.8 Å². The highest BCUT2D eigenvalue weighted by Gasteiger charge is 2.09. The van der Waals surface area contributed by atoms with Crippen LogP contribution in [0.4, 0.5) is 0 Å². The van der Waals surface area contributed by atoms with Crippen LogP contribution in [0.25, 0.3) is 0 Å². The third-order valence-corrected chi connectivity index (χ3v) is 2.65. The van der Waals surface area contributed by atoms with Crippen LogP contribution in [0.3, 0.4) is 0 Å². The smallest absolute Gasteiger partial charge is 0.123 e. The van der Waals surface area contributed by atoms with Crippen molar-refractivity contribution in [1.82, 2.24) is 5.32 Å². The fourth-order valence-corrected chi connectivity index (χ4v) is 1.59. The van der Waals surface area contributed by atoms with E-state index in [1.807, 2.05) is 24.3 Å². The van der Waals surface area contributed by atoms with E-state index in [4.69, 9.17) is 9.84 Å². The van der Waals surface area contributed by atoms with Gasteiger partial charge in [0, 0.05) is 18.7 Å². The molecule has 0 atom stereocenters. The SMILES string of the molecule is C=C(CNC(C)(C)C)COc1ccccc1CCO. The number of para-hydroxylation sites is 1. The van der Waals surface area contributed by atoms with Crippen LogP contribution in [-0.2, 0) is 6.42 Å². The highest BCUT2D eigenvalue weighted by atomic mass is 16.5. The Morgan fingerprint density at radius 3 is 2.63 bits per heavy atom. The second-order valence-electron chi connectivity index (χ2n) is 5.72. The van der Waals surface area contributed by atoms with Crippen molar-refractivity contribution in [3.05, 3.63) is 42.0 Å². The van der Waals surface area contributed by atoms with E-state index >= 15 is 0 Å². The molecule has 3 nitrogen and oxygen atoms in total. The Labute approximate surface area is 116 Å². The van der Waals surface area contributed by atoms with Crippen LogP contribution in [0.15, 0.2) is 36.4 Å². The Kier molecular flexibility index (Phi) is 6.06. The zero-order valence-electron chi connectivity index (χ0n) is 12.2. The lowest BCUT2D eigenvalue weighted by molar-refractivity contribution is 0.293. The van der Waals surface area contributed by atoms with Crippen molar-refractivity contribution in [2.45, 2.75) is 32.7 Å². The van der Waals surface area contributed by atoms with Crippen molar-refractivity contribution in [3.63, 3.8) is 0 Å². The van der Waals surface area contributed by atoms with E-state index in [9.17, 15) is 0 Å². The van der Waals surface area contributed by atoms with Gasteiger partial charge in [-0.25, -0.2) is 0 Å². The topological polar surface area (TPSA) is 41.5 Å². The molecule has 0 fully saturated rings. The second-order valence-corrected chi connectivity index (χ2v) is 5.72. The number of aliphatic hydroxyl groups excluding tert-OH is 1. The predicted molar refractivity (Wildman–Crippen MR) is 79.6 cm³/mol. The van der Waals surface area contributed by atoms with Crippen molar-refractivity contribution >= 4 is 0 Å². The molecule has 0 unspecified atom stereocenters. The molecule has 106 valence electrons. The fourth-order valence-electron chi connectivity index (χ4n) is 1.59. The molecule has 19 heavy (non-hydrogen) atoms. The number of hydrogen-bond donors (Lipinski definition) is 2. The molecule has 1 rings (SSSR count). The molecular formula is C16H25NO2. The average Bonchev–Trinajstić information content (AvgIpc) is 2.35. The van der Waals surface area contributed by atoms with Crippen LogP contribution in [0.5, 0.6) is 5.75 Å². The molecule has 1 aromatic rings. The molecule has 2 N–H and O–H groups in total. The number of hydrogen-bond acceptors (Lipinski definition) is 3. The highest BCUT2D eigenvalue weighted by Crippen LogP contribution is 2.18. The first-order valence-corrected chi connectivity index (χ1v) is 6.65. The Morgan fingerprint density at radius 1 is 1.32 bits per heavy atom. The van der Waals surface area contributed by atoms with Gasteiger partial charge in [0.05, 0.1) is 0 Å². The molecule has 0 aliphatic rings. The van der Waals surface area contributed by atoms with Gasteiger partial charge in [0.15, 0.2) is 0 Å². The summed E-state index contributed by atoms with van der Waals surface area (Å²) in [5, 5.41) is 12.4. The number of rotatable bonds is 7. The Bertz CT molecular complexity index is 407. The van der Waals surface area contributed by atoms with E-state index < -0.39 is 0 Å². The van der Waals surface area contributed by atoms with Crippen LogP contribution >= 0.6 is 0 Å². The monoisotopic (exact) mass is 263 g/mol. The molecule has 1 aromatic carbocycles. The molecule has 0 bridgehead atoms. The summed E-state index contributed by atoms with van der Waals surface area (Å²) in [6.07, 6.45) is 0.614. The minimum absolute atomic E-state index is 0.0811. The van der Waals surface area contributed by atoms with Gasteiger partial charge >= 0.3 is 0 Å². The van der Waals surface area contributed by atoms with Crippen molar-refractivity contribution in [2.24, 2.45) is 0 Å². The van der Waals surface area contributed by atoms with Crippen molar-refractivity contribution in [1.29, 1.82) is 0 Å². The molecule has 0 spiro atoms. The van der Waals surface area contributed by atoms with E-state index in [1.165, 1.54) is 0 Å². The normalized spacial score (nSPS) is 11.4. The maximum Gasteiger partial charge on any atom is 0.123 e. The molecule has 0 saturated carbocycles. The number of benzene rings is 1. The predicted octanol–water partition coefficient (Wildman–Crippen LogP) is 2.54. The van der Waals surface area contributed by atoms with Gasteiger partial charge in [-0.2, -0.15) is 0 Å². The minimum Gasteiger partial charge on any atom is -0.489 e. The zero-order chi connectivity index (χ0) is 14.3. The minimum atomic E-state index is 0.0811. The molecule has 0 aliphatic carbocycles. The van der Waals surface area contributed by atoms with Crippen LogP contribution in [0, 0.1) is 0 Å². The summed E-state index contributed by atoms with van der Waals surface area (Å²) in [4.78, 5) is 0. The van der Waals surface area contributed by atoms with E-state index in [2.05, 4.69) is 32.7 Å². The Hall–Kier alpha value is -1.32. The number of ether oxygens (including phenoxy) is 1. The van der Waals surface area contributed by atoms with Crippen molar-refractivity contribution < 1.29 is 9.84 Å². The zero-order valence-corrected chi connectivity index (χ0v) is 12.2. The summed E-state index contributed by atoms with van der Waals surface area (Å²) >= 11 is 0. The largest absolute Gasteiger partial charge is 0.489 e. The van der Waals surface area contributed by atoms with Crippen LogP contribution < -0.4 is 10.1 Å². The van der Waals surface area contributed by atoms with Gasteiger partial charge in [-0.3, -0.25) is 0 Å². The lowest BCUT2D eigenvalue weighted by atomic mass is 10.1. The first-order chi connectivity index (χ1) is 8.92. The van der Waals surface area contributed by atoms with E-state index in [0.717, 1.165) is 23.4 Å². The average molecular weight is 263 g/mol. The molecule has 0 radical (unpaired) electrons. The van der Waals surface area contributed by atoms with Crippen LogP contribution in [0.1, 0.15) is 26.3 Å². The maximum absolute atomic E-state index is 9.01. The molecule has 0 aliphatic heterocycles. The van der Waals surface area contributed by atoms with Gasteiger partial charge in [0.1, 0.15) is 12.4 Å². The summed E-state index contributed by atoms with van der Waals surface area (Å²) in [5.74, 6) is 0.827. The van der Waals surface area contributed by atoms with Gasteiger partial charge < -0.3 is 15.2 Å². The van der Waals surface area contributed by atoms with Crippen molar-refractivity contribution in [3.8, 4) is 5.75 Å². The van der Waals surface area contributed by atoms with Gasteiger partial charge in [-0.15, -0.1) is 0 Å². The molecule has 3 heteroatoms. The first kappa shape index (κ1) is 15.7. The van der Waals surface area contributed by atoms with E-state index in [-0.39, 0.29) is 12.1 Å².